The predicted molar refractivity (Wildman–Crippen MR) is 34.2 cm³/mol. The van der Waals surface area contributed by atoms with Crippen molar-refractivity contribution in [3.63, 3.8) is 0 Å². The number of terminal acetylenes is 1. The highest BCUT2D eigenvalue weighted by atomic mass is 16.9. The van der Waals surface area contributed by atoms with Crippen molar-refractivity contribution >= 4 is 0 Å². The number of rotatable bonds is 3. The highest BCUT2D eigenvalue weighted by Gasteiger charge is 2.12. The minimum atomic E-state index is 0.0903. The SMILES string of the molecule is C#CN[N+](C)(C)ONC. The van der Waals surface area contributed by atoms with Gasteiger partial charge in [-0.3, -0.25) is 0 Å². The molecule has 0 saturated carbocycles. The third-order valence-corrected chi connectivity index (χ3v) is 0.653. The molecule has 0 rings (SSSR count). The smallest absolute Gasteiger partial charge is 0.126 e. The Kier molecular flexibility index (Phi) is 3.02. The first-order valence-corrected chi connectivity index (χ1v) is 2.54. The molecule has 9 heavy (non-hydrogen) atoms. The first-order chi connectivity index (χ1) is 4.12. The zero-order valence-electron chi connectivity index (χ0n) is 5.93. The molecule has 0 unspecified atom stereocenters. The number of nitrogens with zero attached hydrogens (tertiary/aromatic N) is 1. The van der Waals surface area contributed by atoms with Crippen LogP contribution in [0, 0.1) is 12.5 Å². The topological polar surface area (TPSA) is 33.3 Å². The van der Waals surface area contributed by atoms with Crippen LogP contribution in [0.1, 0.15) is 0 Å². The van der Waals surface area contributed by atoms with Crippen molar-refractivity contribution in [2.24, 2.45) is 0 Å². The molecule has 0 atom stereocenters. The van der Waals surface area contributed by atoms with E-state index >= 15 is 0 Å². The van der Waals surface area contributed by atoms with Crippen LogP contribution in [0.2, 0.25) is 0 Å². The van der Waals surface area contributed by atoms with Crippen LogP contribution in [-0.4, -0.2) is 25.9 Å². The van der Waals surface area contributed by atoms with Gasteiger partial charge in [0.1, 0.15) is 14.1 Å². The maximum Gasteiger partial charge on any atom is 0.126 e. The summed E-state index contributed by atoms with van der Waals surface area (Å²) in [5.41, 5.74) is 5.11. The molecule has 0 spiro atoms. The molecule has 4 heteroatoms. The fourth-order valence-corrected chi connectivity index (χ4v) is 0.406. The fraction of sp³-hybridized carbons (Fsp3) is 0.600. The average Bonchev–Trinajstić information content (AvgIpc) is 1.64. The maximum absolute atomic E-state index is 4.96. The van der Waals surface area contributed by atoms with Crippen LogP contribution in [0.25, 0.3) is 0 Å². The number of quaternary nitrogens is 1. The summed E-state index contributed by atoms with van der Waals surface area (Å²) in [6.45, 7) is 0. The van der Waals surface area contributed by atoms with E-state index in [0.29, 0.717) is 0 Å². The summed E-state index contributed by atoms with van der Waals surface area (Å²) in [5, 5.41) is 0. The van der Waals surface area contributed by atoms with E-state index < -0.39 is 0 Å². The lowest BCUT2D eigenvalue weighted by Crippen LogP contribution is -2.51. The van der Waals surface area contributed by atoms with Crippen molar-refractivity contribution in [2.75, 3.05) is 21.1 Å². The number of hydrogen-bond donors (Lipinski definition) is 2. The van der Waals surface area contributed by atoms with Crippen molar-refractivity contribution < 1.29 is 9.69 Å². The van der Waals surface area contributed by atoms with Crippen LogP contribution in [-0.2, 0) is 4.94 Å². The number of nitrogens with one attached hydrogen (secondary N) is 2. The Hall–Kier alpha value is -0.760. The van der Waals surface area contributed by atoms with Gasteiger partial charge in [-0.15, -0.1) is 5.48 Å². The van der Waals surface area contributed by atoms with Crippen molar-refractivity contribution in [1.29, 1.82) is 0 Å². The molecule has 52 valence electrons. The summed E-state index contributed by atoms with van der Waals surface area (Å²) >= 11 is 0. The van der Waals surface area contributed by atoms with E-state index in [1.165, 1.54) is 0 Å². The van der Waals surface area contributed by atoms with Gasteiger partial charge < -0.3 is 0 Å². The maximum atomic E-state index is 4.96. The third-order valence-electron chi connectivity index (χ3n) is 0.653. The van der Waals surface area contributed by atoms with Crippen LogP contribution < -0.4 is 10.9 Å². The van der Waals surface area contributed by atoms with Crippen LogP contribution in [0.4, 0.5) is 0 Å². The van der Waals surface area contributed by atoms with Crippen molar-refractivity contribution in [3.05, 3.63) is 0 Å². The average molecular weight is 130 g/mol. The van der Waals surface area contributed by atoms with Crippen LogP contribution in [0.15, 0.2) is 0 Å². The van der Waals surface area contributed by atoms with E-state index in [1.54, 1.807) is 21.1 Å². The van der Waals surface area contributed by atoms with Gasteiger partial charge in [0.05, 0.1) is 6.04 Å². The summed E-state index contributed by atoms with van der Waals surface area (Å²) in [6.07, 6.45) is 4.96. The van der Waals surface area contributed by atoms with Gasteiger partial charge in [-0.1, -0.05) is 16.1 Å². The molecule has 0 radical (unpaired) electrons. The van der Waals surface area contributed by atoms with Crippen molar-refractivity contribution in [2.45, 2.75) is 0 Å². The monoisotopic (exact) mass is 130 g/mol. The normalized spacial score (nSPS) is 10.4. The van der Waals surface area contributed by atoms with Crippen molar-refractivity contribution in [3.8, 4) is 12.5 Å². The number of hydrogen-bond acceptors (Lipinski definition) is 3. The first-order valence-electron chi connectivity index (χ1n) is 2.54. The zero-order valence-corrected chi connectivity index (χ0v) is 5.93. The largest absolute Gasteiger partial charge is 0.159 e. The molecule has 0 aliphatic rings. The predicted octanol–water partition coefficient (Wildman–Crippen LogP) is -0.776. The Morgan fingerprint density at radius 2 is 2.11 bits per heavy atom. The highest BCUT2D eigenvalue weighted by molar-refractivity contribution is 4.73. The summed E-state index contributed by atoms with van der Waals surface area (Å²) in [7, 11) is 5.19. The molecule has 0 aliphatic heterocycles. The molecule has 0 amide bonds. The summed E-state index contributed by atoms with van der Waals surface area (Å²) in [4.78, 5) is 4.90. The van der Waals surface area contributed by atoms with Gasteiger partial charge in [-0.2, -0.15) is 5.43 Å². The Balaban J connectivity index is 3.59. The zero-order chi connectivity index (χ0) is 7.33. The summed E-state index contributed by atoms with van der Waals surface area (Å²) < 4.78 is 0.0903. The Bertz CT molecular complexity index is 116. The van der Waals surface area contributed by atoms with Crippen LogP contribution >= 0.6 is 0 Å². The second kappa shape index (κ2) is 3.30. The van der Waals surface area contributed by atoms with E-state index in [0.717, 1.165) is 0 Å². The van der Waals surface area contributed by atoms with E-state index in [-0.39, 0.29) is 4.76 Å². The highest BCUT2D eigenvalue weighted by Crippen LogP contribution is 1.85. The molecule has 0 bridgehead atoms. The summed E-state index contributed by atoms with van der Waals surface area (Å²) in [6, 6.07) is 2.25. The molecule has 0 aromatic carbocycles. The van der Waals surface area contributed by atoms with Gasteiger partial charge in [0.2, 0.25) is 0 Å². The minimum Gasteiger partial charge on any atom is -0.159 e. The van der Waals surface area contributed by atoms with Crippen molar-refractivity contribution in [1.82, 2.24) is 10.9 Å². The van der Waals surface area contributed by atoms with Gasteiger partial charge in [-0.05, 0) is 0 Å². The summed E-state index contributed by atoms with van der Waals surface area (Å²) in [5.74, 6) is 0. The van der Waals surface area contributed by atoms with Gasteiger partial charge in [0, 0.05) is 7.05 Å². The molecule has 2 N–H and O–H groups in total. The van der Waals surface area contributed by atoms with E-state index in [2.05, 4.69) is 17.0 Å². The molecule has 0 heterocycles. The molecule has 0 aromatic heterocycles. The fourth-order valence-electron chi connectivity index (χ4n) is 0.406. The second-order valence-corrected chi connectivity index (χ2v) is 1.90. The van der Waals surface area contributed by atoms with Crippen LogP contribution in [0.3, 0.4) is 0 Å². The van der Waals surface area contributed by atoms with Crippen LogP contribution in [0.5, 0.6) is 0 Å². The van der Waals surface area contributed by atoms with E-state index in [4.69, 9.17) is 11.4 Å². The molecular formula is C5H12N3O+. The van der Waals surface area contributed by atoms with E-state index in [9.17, 15) is 0 Å². The van der Waals surface area contributed by atoms with Gasteiger partial charge >= 0.3 is 0 Å². The Morgan fingerprint density at radius 3 is 2.44 bits per heavy atom. The third kappa shape index (κ3) is 3.79. The Labute approximate surface area is 55.3 Å². The molecular weight excluding hydrogens is 118 g/mol. The first kappa shape index (κ1) is 8.24. The lowest BCUT2D eigenvalue weighted by atomic mass is 11.0. The molecule has 0 aliphatic carbocycles. The lowest BCUT2D eigenvalue weighted by Gasteiger charge is -2.21. The van der Waals surface area contributed by atoms with E-state index in [1.807, 2.05) is 0 Å². The Morgan fingerprint density at radius 1 is 1.56 bits per heavy atom. The minimum absolute atomic E-state index is 0.0903. The van der Waals surface area contributed by atoms with Gasteiger partial charge in [0.15, 0.2) is 0 Å². The number of hydroxylamine groups is 3. The second-order valence-electron chi connectivity index (χ2n) is 1.90. The lowest BCUT2D eigenvalue weighted by molar-refractivity contribution is -1.11. The molecule has 0 fully saturated rings. The van der Waals surface area contributed by atoms with Gasteiger partial charge in [-0.25, -0.2) is 0 Å². The quantitative estimate of drug-likeness (QED) is 0.228. The molecule has 0 saturated heterocycles. The molecule has 4 nitrogen and oxygen atoms in total. The standard InChI is InChI=1S/C5H12N3O/c1-5-7-8(3,4)9-6-2/h1,6-7H,2-4H3/q+1. The molecule has 0 aromatic rings. The van der Waals surface area contributed by atoms with Gasteiger partial charge in [0.25, 0.3) is 0 Å².